The summed E-state index contributed by atoms with van der Waals surface area (Å²) < 4.78 is 5.52. The van der Waals surface area contributed by atoms with E-state index < -0.39 is 0 Å². The fourth-order valence-electron chi connectivity index (χ4n) is 0.998. The van der Waals surface area contributed by atoms with Crippen molar-refractivity contribution in [3.05, 3.63) is 22.6 Å². The minimum absolute atomic E-state index is 0. The molecular formula is C9H14BrClN2O2. The van der Waals surface area contributed by atoms with Crippen LogP contribution in [0.4, 0.5) is 0 Å². The number of carbonyl (C=O) groups is 1. The molecule has 15 heavy (non-hydrogen) atoms. The second-order valence-electron chi connectivity index (χ2n) is 2.85. The molecule has 0 saturated heterocycles. The highest BCUT2D eigenvalue weighted by Crippen LogP contribution is 2.13. The molecule has 1 heterocycles. The summed E-state index contributed by atoms with van der Waals surface area (Å²) in [4.78, 5) is 11.4. The molecule has 86 valence electrons. The van der Waals surface area contributed by atoms with Crippen LogP contribution in [0.1, 0.15) is 16.8 Å². The van der Waals surface area contributed by atoms with Gasteiger partial charge in [-0.25, -0.2) is 0 Å². The summed E-state index contributed by atoms with van der Waals surface area (Å²) in [5.41, 5.74) is 0.543. The van der Waals surface area contributed by atoms with E-state index in [4.69, 9.17) is 4.42 Å². The normalized spacial score (nSPS) is 9.47. The number of nitrogens with one attached hydrogen (secondary N) is 2. The first kappa shape index (κ1) is 14.5. The smallest absolute Gasteiger partial charge is 0.254 e. The predicted molar refractivity (Wildman–Crippen MR) is 64.5 cm³/mol. The molecule has 0 bridgehead atoms. The molecule has 0 spiro atoms. The zero-order valence-electron chi connectivity index (χ0n) is 8.38. The summed E-state index contributed by atoms with van der Waals surface area (Å²) in [5.74, 6) is -0.101. The Labute approximate surface area is 103 Å². The van der Waals surface area contributed by atoms with Crippen LogP contribution >= 0.6 is 28.3 Å². The van der Waals surface area contributed by atoms with Gasteiger partial charge in [-0.2, -0.15) is 0 Å². The topological polar surface area (TPSA) is 54.3 Å². The Morgan fingerprint density at radius 1 is 1.53 bits per heavy atom. The highest BCUT2D eigenvalue weighted by molar-refractivity contribution is 9.10. The van der Waals surface area contributed by atoms with Crippen molar-refractivity contribution < 1.29 is 9.21 Å². The van der Waals surface area contributed by atoms with E-state index in [0.717, 1.165) is 13.0 Å². The standard InChI is InChI=1S/C9H13BrN2O2.ClH/c1-11-3-2-4-12-9(13)7-5-8(10)14-6-7;/h5-6,11H,2-4H2,1H3,(H,12,13);1H. The molecule has 1 rings (SSSR count). The Morgan fingerprint density at radius 3 is 2.80 bits per heavy atom. The summed E-state index contributed by atoms with van der Waals surface area (Å²) in [6.45, 7) is 1.57. The van der Waals surface area contributed by atoms with Crippen LogP contribution in [0.25, 0.3) is 0 Å². The van der Waals surface area contributed by atoms with Gasteiger partial charge in [-0.05, 0) is 35.9 Å². The molecule has 0 saturated carbocycles. The Bertz CT molecular complexity index is 304. The van der Waals surface area contributed by atoms with Crippen molar-refractivity contribution in [1.82, 2.24) is 10.6 Å². The van der Waals surface area contributed by atoms with E-state index in [-0.39, 0.29) is 18.3 Å². The predicted octanol–water partition coefficient (Wildman–Crippen LogP) is 1.80. The van der Waals surface area contributed by atoms with Gasteiger partial charge < -0.3 is 15.1 Å². The molecule has 2 N–H and O–H groups in total. The third-order valence-electron chi connectivity index (χ3n) is 1.72. The van der Waals surface area contributed by atoms with Gasteiger partial charge in [0, 0.05) is 12.6 Å². The van der Waals surface area contributed by atoms with Crippen molar-refractivity contribution in [3.63, 3.8) is 0 Å². The van der Waals surface area contributed by atoms with Crippen LogP contribution in [-0.4, -0.2) is 26.0 Å². The average Bonchev–Trinajstić information content (AvgIpc) is 2.59. The highest BCUT2D eigenvalue weighted by atomic mass is 79.9. The number of halogens is 2. The second-order valence-corrected chi connectivity index (χ2v) is 3.63. The molecule has 0 radical (unpaired) electrons. The van der Waals surface area contributed by atoms with Crippen molar-refractivity contribution in [2.24, 2.45) is 0 Å². The van der Waals surface area contributed by atoms with Gasteiger partial charge in [0.05, 0.1) is 5.56 Å². The van der Waals surface area contributed by atoms with E-state index in [0.29, 0.717) is 16.8 Å². The van der Waals surface area contributed by atoms with Gasteiger partial charge in [-0.3, -0.25) is 4.79 Å². The molecule has 0 aliphatic heterocycles. The number of hydrogen-bond donors (Lipinski definition) is 2. The maximum atomic E-state index is 11.4. The van der Waals surface area contributed by atoms with Gasteiger partial charge in [0.2, 0.25) is 0 Å². The van der Waals surface area contributed by atoms with Crippen molar-refractivity contribution in [2.45, 2.75) is 6.42 Å². The largest absolute Gasteiger partial charge is 0.457 e. The van der Waals surface area contributed by atoms with Crippen LogP contribution in [0.5, 0.6) is 0 Å². The summed E-state index contributed by atoms with van der Waals surface area (Å²) in [5, 5.41) is 5.80. The third kappa shape index (κ3) is 5.20. The van der Waals surface area contributed by atoms with Gasteiger partial charge in [0.25, 0.3) is 5.91 Å². The summed E-state index contributed by atoms with van der Waals surface area (Å²) in [6, 6.07) is 1.65. The lowest BCUT2D eigenvalue weighted by Gasteiger charge is -2.02. The molecule has 0 unspecified atom stereocenters. The molecule has 1 aromatic heterocycles. The molecule has 0 aliphatic rings. The number of rotatable bonds is 5. The van der Waals surface area contributed by atoms with Gasteiger partial charge in [0.15, 0.2) is 4.67 Å². The minimum atomic E-state index is -0.101. The first-order valence-electron chi connectivity index (χ1n) is 4.41. The van der Waals surface area contributed by atoms with E-state index in [2.05, 4.69) is 26.6 Å². The number of carbonyl (C=O) groups excluding carboxylic acids is 1. The average molecular weight is 298 g/mol. The lowest BCUT2D eigenvalue weighted by atomic mass is 10.3. The van der Waals surface area contributed by atoms with Gasteiger partial charge in [-0.15, -0.1) is 12.4 Å². The van der Waals surface area contributed by atoms with E-state index in [1.165, 1.54) is 6.26 Å². The molecule has 1 aromatic rings. The van der Waals surface area contributed by atoms with E-state index >= 15 is 0 Å². The lowest BCUT2D eigenvalue weighted by Crippen LogP contribution is -2.26. The van der Waals surface area contributed by atoms with Crippen LogP contribution in [0, 0.1) is 0 Å². The van der Waals surface area contributed by atoms with Crippen LogP contribution in [0.2, 0.25) is 0 Å². The van der Waals surface area contributed by atoms with E-state index in [9.17, 15) is 4.79 Å². The van der Waals surface area contributed by atoms with E-state index in [1.807, 2.05) is 7.05 Å². The first-order valence-corrected chi connectivity index (χ1v) is 5.20. The van der Waals surface area contributed by atoms with E-state index in [1.54, 1.807) is 6.07 Å². The number of amides is 1. The summed E-state index contributed by atoms with van der Waals surface area (Å²) in [7, 11) is 1.88. The third-order valence-corrected chi connectivity index (χ3v) is 2.13. The fourth-order valence-corrected chi connectivity index (χ4v) is 1.34. The molecule has 4 nitrogen and oxygen atoms in total. The van der Waals surface area contributed by atoms with Crippen LogP contribution in [0.3, 0.4) is 0 Å². The van der Waals surface area contributed by atoms with Crippen LogP contribution < -0.4 is 10.6 Å². The summed E-state index contributed by atoms with van der Waals surface area (Å²) >= 11 is 3.14. The maximum absolute atomic E-state index is 11.4. The molecule has 1 amide bonds. The highest BCUT2D eigenvalue weighted by Gasteiger charge is 2.07. The fraction of sp³-hybridized carbons (Fsp3) is 0.444. The quantitative estimate of drug-likeness (QED) is 0.815. The molecule has 0 aromatic carbocycles. The number of hydrogen-bond acceptors (Lipinski definition) is 3. The van der Waals surface area contributed by atoms with Gasteiger partial charge in [0.1, 0.15) is 6.26 Å². The monoisotopic (exact) mass is 296 g/mol. The zero-order chi connectivity index (χ0) is 10.4. The molecule has 0 atom stereocenters. The maximum Gasteiger partial charge on any atom is 0.254 e. The Kier molecular flexibility index (Phi) is 7.46. The molecule has 0 fully saturated rings. The van der Waals surface area contributed by atoms with Gasteiger partial charge >= 0.3 is 0 Å². The van der Waals surface area contributed by atoms with Crippen molar-refractivity contribution in [3.8, 4) is 0 Å². The Balaban J connectivity index is 0.00000196. The minimum Gasteiger partial charge on any atom is -0.457 e. The Hall–Kier alpha value is -0.520. The van der Waals surface area contributed by atoms with Crippen LogP contribution in [0.15, 0.2) is 21.4 Å². The molecular weight excluding hydrogens is 283 g/mol. The van der Waals surface area contributed by atoms with Crippen molar-refractivity contribution >= 4 is 34.2 Å². The zero-order valence-corrected chi connectivity index (χ0v) is 10.8. The second kappa shape index (κ2) is 7.73. The molecule has 0 aliphatic carbocycles. The number of furan rings is 1. The SMILES string of the molecule is CNCCCNC(=O)c1coc(Br)c1.Cl. The van der Waals surface area contributed by atoms with Crippen LogP contribution in [-0.2, 0) is 0 Å². The lowest BCUT2D eigenvalue weighted by molar-refractivity contribution is 0.0952. The molecule has 6 heteroatoms. The first-order chi connectivity index (χ1) is 6.74. The van der Waals surface area contributed by atoms with Crippen molar-refractivity contribution in [2.75, 3.05) is 20.1 Å². The van der Waals surface area contributed by atoms with Gasteiger partial charge in [-0.1, -0.05) is 0 Å². The summed E-state index contributed by atoms with van der Waals surface area (Å²) in [6.07, 6.45) is 2.35. The Morgan fingerprint density at radius 2 is 2.27 bits per heavy atom. The van der Waals surface area contributed by atoms with Crippen molar-refractivity contribution in [1.29, 1.82) is 0 Å².